The molecule has 8 fully saturated rings. The molecule has 0 saturated carbocycles. The summed E-state index contributed by atoms with van der Waals surface area (Å²) in [5.74, 6) is -24.0. The highest BCUT2D eigenvalue weighted by Crippen LogP contribution is 2.40. The minimum atomic E-state index is -3.95. The van der Waals surface area contributed by atoms with Crippen LogP contribution < -0.4 is 41.4 Å². The predicted octanol–water partition coefficient (Wildman–Crippen LogP) is 8.06. The Kier molecular flexibility index (Phi) is 13.4. The van der Waals surface area contributed by atoms with Gasteiger partial charge in [0.05, 0.1) is 130 Å². The standard InChI is InChI=1S/2C25H27FN4O4.2C25H26FN3O5/c2*26-20-5-4-16(14-29-8-10-34-11-9-29)12-17(20)13-27-21-3-1-2-18-19(21)15-30(25(18)33)22-6-7-23(31)28-24(22)32;2*26-20-5-4-16(13-28-8-10-33-11-9-28)12-17(20)15-34-22-3-1-2-18-19(22)14-29(25(18)32)21-6-7-23(30)27-24(21)31/h2*1-5,12,22,27H,6-11,13-15H2,(H,28,31,32);2*1-5,12,21H,6-11,13-15H2,(H,27,30,31)/i1D,2D,3D,5D,8D2,9D2,10D2,11D2,12D,13D2,14D2,15D2,22D;2*1D,2D,3D,5D,8D2,9D2,10D2,11D2,12D,13D2,14D2,15D2;1D,2D,3D,4D,5D,6D2,7D2,12D,21D. The molecule has 0 aliphatic carbocycles. The van der Waals surface area contributed by atoms with Crippen LogP contribution in [0, 0.1) is 23.3 Å². The van der Waals surface area contributed by atoms with Crippen LogP contribution in [0.5, 0.6) is 11.5 Å². The third-order valence-electron chi connectivity index (χ3n) is 19.7. The number of hydrogen-bond donors (Lipinski definition) is 6. The lowest BCUT2D eigenvalue weighted by atomic mass is 10.0. The van der Waals surface area contributed by atoms with Gasteiger partial charge in [-0.3, -0.25) is 98.4 Å². The number of fused-ring (bicyclic) bond motifs is 4. The summed E-state index contributed by atoms with van der Waals surface area (Å²) in [6.07, 6.45) is -9.87. The third kappa shape index (κ3) is 22.3. The maximum Gasteiger partial charge on any atom is 0.255 e. The van der Waals surface area contributed by atoms with Crippen molar-refractivity contribution < 1.29 is 198 Å². The third-order valence-corrected chi connectivity index (χ3v) is 19.7. The number of amides is 12. The van der Waals surface area contributed by atoms with E-state index >= 15 is 17.6 Å². The Balaban J connectivity index is 0.000000177. The van der Waals surface area contributed by atoms with Crippen LogP contribution in [0.4, 0.5) is 28.9 Å². The fourth-order valence-electron chi connectivity index (χ4n) is 13.4. The molecular weight excluding hydrogens is 1760 g/mol. The predicted molar refractivity (Wildman–Crippen MR) is 483 cm³/mol. The molecule has 36 heteroatoms. The highest BCUT2D eigenvalue weighted by Gasteiger charge is 2.45. The SMILES string of the molecule is [2H]c1c([2H])c(OCc2c([2H])c(CN3CCOCC3)c([2H])c([2H])c2F)c2c(c1[2H])C(=O)N(C1([2H])C(=O)NC(=O)C([2H])([2H])C1([2H])[2H])C2.[2H]c1cc(C([2H])([2H])N2C([2H])([2H])C([2H])([2H])OC([2H])([2H])C2([2H])[2H])c([2H])c(C([2H])([2H])Nc2c([2H])c([2H])c([2H])c3c2C([2H])([2H])N(C2([2H])CCC(=O)NC2=O)C3=O)c1F.[2H]c1cc(C([2H])([2H])N2C([2H])([2H])C([2H])([2H])OC([2H])([2H])C2([2H])[2H])c([2H])c(C([2H])([2H])Nc2c([2H])c([2H])c([2H])c3c2C([2H])([2H])N(C2CCC(=O)NC2=O)C3=O)c1F.[2H]c1cc(C([2H])([2H])N2C([2H])([2H])C([2H])([2H])OC([2H])([2H])C2([2H])[2H])c([2H])c(C([2H])([2H])Oc2c([2H])c([2H])c([2H])c3c2C([2H])([2H])N(C2CCC(=O)NC2=O)C3=O)c1F. The number of benzene rings is 8. The van der Waals surface area contributed by atoms with E-state index in [-0.39, 0.29) is 69.8 Å². The minimum absolute atomic E-state index is 0.0131. The van der Waals surface area contributed by atoms with Crippen molar-refractivity contribution in [1.82, 2.24) is 60.5 Å². The Bertz CT molecular complexity index is 9430. The molecule has 0 radical (unpaired) electrons. The first-order valence-corrected chi connectivity index (χ1v) is 39.3. The first kappa shape index (κ1) is 42.2. The van der Waals surface area contributed by atoms with Crippen LogP contribution in [-0.2, 0) is 136 Å². The van der Waals surface area contributed by atoms with Gasteiger partial charge in [0, 0.05) is 238 Å². The van der Waals surface area contributed by atoms with E-state index in [1.165, 1.54) is 0 Å². The van der Waals surface area contributed by atoms with E-state index < -0.39 is 543 Å². The van der Waals surface area contributed by atoms with Gasteiger partial charge in [-0.1, -0.05) is 48.4 Å². The zero-order chi connectivity index (χ0) is 156. The molecule has 12 aliphatic rings. The Morgan fingerprint density at radius 3 is 1.34 bits per heavy atom. The van der Waals surface area contributed by atoms with Crippen LogP contribution in [0.15, 0.2) is 145 Å². The van der Waals surface area contributed by atoms with E-state index in [0.717, 1.165) is 0 Å². The normalized spacial score (nSPS) is 36.3. The van der Waals surface area contributed by atoms with Crippen molar-refractivity contribution in [2.45, 2.75) is 154 Å². The first-order valence-electron chi connectivity index (χ1n) is 73.8. The van der Waals surface area contributed by atoms with E-state index in [2.05, 4.69) is 14.2 Å². The summed E-state index contributed by atoms with van der Waals surface area (Å²) in [5, 5.41) is 11.0. The van der Waals surface area contributed by atoms with Crippen molar-refractivity contribution in [1.29, 1.82) is 0 Å². The second-order valence-electron chi connectivity index (χ2n) is 28.4. The number of nitrogens with one attached hydrogen (secondary N) is 6. The quantitative estimate of drug-likeness (QED) is 0.0246. The van der Waals surface area contributed by atoms with Gasteiger partial charge >= 0.3 is 0 Å². The monoisotopic (exact) mass is 1940 g/mol. The number of hydrogen-bond acceptors (Lipinski definition) is 24. The maximum atomic E-state index is 15.8. The molecule has 0 aromatic heterocycles. The number of ether oxygens (including phenoxy) is 6. The van der Waals surface area contributed by atoms with Gasteiger partial charge in [0.2, 0.25) is 47.3 Å². The molecule has 12 amide bonds. The fraction of sp³-hybridized carbons (Fsp3) is 0.400. The number of carbonyl (C=O) groups excluding carboxylic acids is 12. The highest BCUT2D eigenvalue weighted by atomic mass is 19.1. The lowest BCUT2D eigenvalue weighted by Gasteiger charge is -2.29. The first-order chi connectivity index (χ1) is 92.7. The molecule has 4 atom stereocenters. The molecule has 20 rings (SSSR count). The van der Waals surface area contributed by atoms with Crippen LogP contribution in [0.3, 0.4) is 0 Å². The van der Waals surface area contributed by atoms with Crippen LogP contribution in [0.1, 0.15) is 254 Å². The molecule has 32 nitrogen and oxygen atoms in total. The van der Waals surface area contributed by atoms with Crippen molar-refractivity contribution >= 4 is 82.3 Å². The van der Waals surface area contributed by atoms with Gasteiger partial charge in [0.1, 0.15) is 72.1 Å². The molecule has 4 unspecified atom stereocenters. The molecule has 712 valence electrons. The zero-order valence-corrected chi connectivity index (χ0v) is 68.5. The smallest absolute Gasteiger partial charge is 0.255 e. The van der Waals surface area contributed by atoms with E-state index in [1.807, 2.05) is 26.2 Å². The number of anilines is 2. The molecule has 0 bridgehead atoms. The van der Waals surface area contributed by atoms with Crippen molar-refractivity contribution in [3.63, 3.8) is 0 Å². The summed E-state index contributed by atoms with van der Waals surface area (Å²) >= 11 is 0. The van der Waals surface area contributed by atoms with Gasteiger partial charge in [-0.05, 0) is 145 Å². The van der Waals surface area contributed by atoms with Gasteiger partial charge in [-0.15, -0.1) is 0 Å². The number of imide groups is 4. The van der Waals surface area contributed by atoms with Crippen LogP contribution in [-0.4, -0.2) is 239 Å². The zero-order valence-electron chi connectivity index (χ0n) is 138. The van der Waals surface area contributed by atoms with E-state index in [4.69, 9.17) is 109 Å². The van der Waals surface area contributed by atoms with E-state index in [9.17, 15) is 57.5 Å². The summed E-state index contributed by atoms with van der Waals surface area (Å²) in [5.41, 5.74) is -19.0. The molecular formula is C100H106F4N14O18. The average Bonchev–Trinajstić information content (AvgIpc) is 1.66. The number of nitrogens with zero attached hydrogens (tertiary/aromatic N) is 8. The summed E-state index contributed by atoms with van der Waals surface area (Å²) in [6, 6.07) is -32.5. The summed E-state index contributed by atoms with van der Waals surface area (Å²) in [6.45, 7) is -79.3. The largest absolute Gasteiger partial charge is 0.488 e. The Morgan fingerprint density at radius 2 is 0.824 bits per heavy atom. The van der Waals surface area contributed by atoms with Crippen LogP contribution >= 0.6 is 0 Å². The van der Waals surface area contributed by atoms with Gasteiger partial charge in [0.15, 0.2) is 0 Å². The van der Waals surface area contributed by atoms with Crippen LogP contribution in [0.25, 0.3) is 0 Å². The second kappa shape index (κ2) is 43.2. The Morgan fingerprint density at radius 1 is 0.412 bits per heavy atom. The van der Waals surface area contributed by atoms with Gasteiger partial charge in [0.25, 0.3) is 23.6 Å². The lowest BCUT2D eigenvalue weighted by molar-refractivity contribution is -0.138. The maximum absolute atomic E-state index is 15.8. The molecule has 0 spiro atoms. The van der Waals surface area contributed by atoms with Crippen LogP contribution in [0.2, 0.25) is 0 Å². The molecule has 8 aromatic rings. The molecule has 12 aliphatic heterocycles. The fourth-order valence-corrected chi connectivity index (χ4v) is 13.4. The topological polar surface area (TPSA) is 358 Å². The number of halogens is 4. The molecule has 8 saturated heterocycles. The number of morpholine rings is 4. The second-order valence-corrected chi connectivity index (χ2v) is 28.4. The summed E-state index contributed by atoms with van der Waals surface area (Å²) in [4.78, 5) is 154. The number of piperidine rings is 4. The van der Waals surface area contributed by atoms with Gasteiger partial charge < -0.3 is 58.7 Å². The van der Waals surface area contributed by atoms with Gasteiger partial charge in [-0.25, -0.2) is 17.6 Å². The molecule has 6 N–H and O–H groups in total. The van der Waals surface area contributed by atoms with E-state index in [0.29, 0.717) is 31.2 Å². The minimum Gasteiger partial charge on any atom is -0.488 e. The highest BCUT2D eigenvalue weighted by molar-refractivity contribution is 6.09. The van der Waals surface area contributed by atoms with Crippen molar-refractivity contribution in [3.8, 4) is 11.5 Å². The van der Waals surface area contributed by atoms with Crippen molar-refractivity contribution in [2.24, 2.45) is 0 Å². The van der Waals surface area contributed by atoms with Gasteiger partial charge in [-0.2, -0.15) is 0 Å². The summed E-state index contributed by atoms with van der Waals surface area (Å²) in [7, 11) is 0. The average molecular weight is 1940 g/mol. The Hall–Kier alpha value is -13.2. The van der Waals surface area contributed by atoms with E-state index in [1.54, 1.807) is 10.6 Å². The number of carbonyl (C=O) groups is 12. The van der Waals surface area contributed by atoms with Crippen molar-refractivity contribution in [2.75, 3.05) is 115 Å². The molecule has 8 aromatic carbocycles. The Labute approximate surface area is 878 Å². The lowest BCUT2D eigenvalue weighted by Crippen LogP contribution is -2.52. The molecule has 136 heavy (non-hydrogen) atoms. The van der Waals surface area contributed by atoms with Crippen molar-refractivity contribution in [3.05, 3.63) is 257 Å². The summed E-state index contributed by atoms with van der Waals surface area (Å²) < 4.78 is 668. The number of rotatable bonds is 24. The molecule has 12 heterocycles.